The molecule has 0 fully saturated rings. The Morgan fingerprint density at radius 2 is 1.61 bits per heavy atom. The van der Waals surface area contributed by atoms with Gasteiger partial charge in [-0.1, -0.05) is 54.6 Å². The van der Waals surface area contributed by atoms with Crippen LogP contribution in [-0.4, -0.2) is 30.3 Å². The predicted molar refractivity (Wildman–Crippen MR) is 108 cm³/mol. The van der Waals surface area contributed by atoms with Gasteiger partial charge in [0.15, 0.2) is 0 Å². The summed E-state index contributed by atoms with van der Waals surface area (Å²) >= 11 is 0. The van der Waals surface area contributed by atoms with E-state index in [0.29, 0.717) is 0 Å². The molecule has 2 aromatic rings. The van der Waals surface area contributed by atoms with Crippen LogP contribution in [0.1, 0.15) is 37.8 Å². The number of alkyl carbamates (subject to hydrolysis) is 1. The van der Waals surface area contributed by atoms with Gasteiger partial charge >= 0.3 is 12.1 Å². The molecule has 1 aliphatic carbocycles. The number of amides is 1. The number of ether oxygens (including phenoxy) is 2. The molecule has 1 amide bonds. The van der Waals surface area contributed by atoms with E-state index in [-0.39, 0.29) is 12.5 Å². The van der Waals surface area contributed by atoms with Gasteiger partial charge in [-0.05, 0) is 43.0 Å². The zero-order chi connectivity index (χ0) is 20.3. The van der Waals surface area contributed by atoms with Crippen molar-refractivity contribution in [3.8, 4) is 11.1 Å². The van der Waals surface area contributed by atoms with Crippen LogP contribution in [0.4, 0.5) is 4.79 Å². The van der Waals surface area contributed by atoms with Gasteiger partial charge in [0.05, 0.1) is 0 Å². The zero-order valence-electron chi connectivity index (χ0n) is 16.4. The van der Waals surface area contributed by atoms with Crippen LogP contribution < -0.4 is 5.32 Å². The molecule has 1 atom stereocenters. The highest BCUT2D eigenvalue weighted by Crippen LogP contribution is 2.44. The van der Waals surface area contributed by atoms with Crippen LogP contribution in [0.2, 0.25) is 0 Å². The first kappa shape index (κ1) is 19.7. The summed E-state index contributed by atoms with van der Waals surface area (Å²) < 4.78 is 10.7. The van der Waals surface area contributed by atoms with E-state index in [4.69, 9.17) is 9.47 Å². The molecule has 1 N–H and O–H groups in total. The molecule has 0 bridgehead atoms. The Balaban J connectivity index is 1.66. The molecule has 0 unspecified atom stereocenters. The first-order valence-electron chi connectivity index (χ1n) is 9.27. The lowest BCUT2D eigenvalue weighted by atomic mass is 9.98. The maximum atomic E-state index is 12.3. The number of benzene rings is 2. The number of carbonyl (C=O) groups excluding carboxylic acids is 2. The van der Waals surface area contributed by atoms with E-state index >= 15 is 0 Å². The van der Waals surface area contributed by atoms with Crippen molar-refractivity contribution in [2.75, 3.05) is 6.61 Å². The Labute approximate surface area is 165 Å². The summed E-state index contributed by atoms with van der Waals surface area (Å²) in [5.74, 6) is -0.613. The number of rotatable bonds is 5. The van der Waals surface area contributed by atoms with E-state index < -0.39 is 23.7 Å². The number of nitrogens with one attached hydrogen (secondary N) is 1. The molecule has 2 aromatic carbocycles. The fourth-order valence-corrected chi connectivity index (χ4v) is 3.35. The molecular formula is C23H25NO4. The molecule has 0 aliphatic heterocycles. The van der Waals surface area contributed by atoms with Gasteiger partial charge in [-0.15, -0.1) is 6.58 Å². The maximum Gasteiger partial charge on any atom is 0.408 e. The minimum absolute atomic E-state index is 0.0399. The summed E-state index contributed by atoms with van der Waals surface area (Å²) in [5, 5.41) is 2.51. The van der Waals surface area contributed by atoms with Crippen LogP contribution in [0.25, 0.3) is 11.1 Å². The minimum Gasteiger partial charge on any atom is -0.458 e. The lowest BCUT2D eigenvalue weighted by Gasteiger charge is -2.23. The number of carbonyl (C=O) groups is 2. The van der Waals surface area contributed by atoms with Crippen LogP contribution in [0, 0.1) is 0 Å². The van der Waals surface area contributed by atoms with E-state index in [1.807, 2.05) is 24.3 Å². The van der Waals surface area contributed by atoms with Gasteiger partial charge in [-0.3, -0.25) is 0 Å². The summed E-state index contributed by atoms with van der Waals surface area (Å²) in [6.07, 6.45) is 0.646. The van der Waals surface area contributed by atoms with Crippen LogP contribution in [0.15, 0.2) is 61.2 Å². The fourth-order valence-electron chi connectivity index (χ4n) is 3.35. The second-order valence-electron chi connectivity index (χ2n) is 7.72. The lowest BCUT2D eigenvalue weighted by Crippen LogP contribution is -2.43. The number of fused-ring (bicyclic) bond motifs is 3. The lowest BCUT2D eigenvalue weighted by molar-refractivity contribution is -0.155. The van der Waals surface area contributed by atoms with Gasteiger partial charge in [0.1, 0.15) is 18.2 Å². The number of hydrogen-bond donors (Lipinski definition) is 1. The third kappa shape index (κ3) is 4.25. The second-order valence-corrected chi connectivity index (χ2v) is 7.72. The molecule has 0 saturated heterocycles. The highest BCUT2D eigenvalue weighted by molar-refractivity contribution is 5.83. The topological polar surface area (TPSA) is 64.6 Å². The molecule has 5 nitrogen and oxygen atoms in total. The molecule has 146 valence electrons. The largest absolute Gasteiger partial charge is 0.458 e. The summed E-state index contributed by atoms with van der Waals surface area (Å²) in [6.45, 7) is 9.06. The molecule has 0 radical (unpaired) electrons. The quantitative estimate of drug-likeness (QED) is 0.617. The van der Waals surface area contributed by atoms with Crippen molar-refractivity contribution < 1.29 is 19.1 Å². The third-order valence-electron chi connectivity index (χ3n) is 4.51. The number of esters is 1. The Kier molecular flexibility index (Phi) is 5.54. The molecule has 0 aromatic heterocycles. The number of hydrogen-bond acceptors (Lipinski definition) is 4. The average molecular weight is 379 g/mol. The van der Waals surface area contributed by atoms with Gasteiger partial charge in [-0.2, -0.15) is 0 Å². The van der Waals surface area contributed by atoms with E-state index in [1.165, 1.54) is 6.08 Å². The van der Waals surface area contributed by atoms with Crippen molar-refractivity contribution >= 4 is 12.1 Å². The van der Waals surface area contributed by atoms with Crippen LogP contribution in [-0.2, 0) is 14.3 Å². The summed E-state index contributed by atoms with van der Waals surface area (Å²) in [5.41, 5.74) is 3.92. The van der Waals surface area contributed by atoms with Crippen molar-refractivity contribution in [1.29, 1.82) is 0 Å². The molecule has 28 heavy (non-hydrogen) atoms. The van der Waals surface area contributed by atoms with Gasteiger partial charge < -0.3 is 14.8 Å². The van der Waals surface area contributed by atoms with Gasteiger partial charge in [0.2, 0.25) is 0 Å². The Morgan fingerprint density at radius 1 is 1.07 bits per heavy atom. The SMILES string of the molecule is C=C[C@H](NC(=O)OCC1c2ccccc2-c2ccccc21)C(=O)OC(C)(C)C. The Hall–Kier alpha value is -3.08. The molecule has 0 saturated carbocycles. The summed E-state index contributed by atoms with van der Waals surface area (Å²) in [4.78, 5) is 24.4. The van der Waals surface area contributed by atoms with Crippen molar-refractivity contribution in [3.05, 3.63) is 72.3 Å². The summed E-state index contributed by atoms with van der Waals surface area (Å²) in [6, 6.07) is 15.2. The first-order chi connectivity index (χ1) is 13.3. The van der Waals surface area contributed by atoms with E-state index in [0.717, 1.165) is 22.3 Å². The Morgan fingerprint density at radius 3 is 2.11 bits per heavy atom. The van der Waals surface area contributed by atoms with Gasteiger partial charge in [0.25, 0.3) is 0 Å². The van der Waals surface area contributed by atoms with Crippen molar-refractivity contribution in [2.45, 2.75) is 38.3 Å². The highest BCUT2D eigenvalue weighted by atomic mass is 16.6. The molecule has 3 rings (SSSR count). The highest BCUT2D eigenvalue weighted by Gasteiger charge is 2.30. The first-order valence-corrected chi connectivity index (χ1v) is 9.27. The standard InChI is InChI=1S/C23H25NO4/c1-5-20(21(25)28-23(2,3)4)24-22(26)27-14-19-17-12-8-6-10-15(17)16-11-7-9-13-18(16)19/h5-13,19-20H,1,14H2,2-4H3,(H,24,26)/t20-/m0/s1. The van der Waals surface area contributed by atoms with Crippen LogP contribution in [0.3, 0.4) is 0 Å². The third-order valence-corrected chi connectivity index (χ3v) is 4.51. The average Bonchev–Trinajstić information content (AvgIpc) is 2.97. The van der Waals surface area contributed by atoms with Gasteiger partial charge in [-0.25, -0.2) is 9.59 Å². The fraction of sp³-hybridized carbons (Fsp3) is 0.304. The van der Waals surface area contributed by atoms with E-state index in [1.54, 1.807) is 20.8 Å². The monoisotopic (exact) mass is 379 g/mol. The normalized spacial score (nSPS) is 13.8. The molecule has 1 aliphatic rings. The van der Waals surface area contributed by atoms with Crippen molar-refractivity contribution in [2.24, 2.45) is 0 Å². The smallest absolute Gasteiger partial charge is 0.408 e. The Bertz CT molecular complexity index is 852. The van der Waals surface area contributed by atoms with Crippen LogP contribution >= 0.6 is 0 Å². The second kappa shape index (κ2) is 7.89. The summed E-state index contributed by atoms with van der Waals surface area (Å²) in [7, 11) is 0. The maximum absolute atomic E-state index is 12.3. The van der Waals surface area contributed by atoms with Crippen LogP contribution in [0.5, 0.6) is 0 Å². The van der Waals surface area contributed by atoms with E-state index in [9.17, 15) is 9.59 Å². The van der Waals surface area contributed by atoms with Crippen molar-refractivity contribution in [1.82, 2.24) is 5.32 Å². The van der Waals surface area contributed by atoms with Crippen molar-refractivity contribution in [3.63, 3.8) is 0 Å². The van der Waals surface area contributed by atoms with E-state index in [2.05, 4.69) is 36.2 Å². The molecule has 0 spiro atoms. The van der Waals surface area contributed by atoms with Gasteiger partial charge in [0, 0.05) is 5.92 Å². The predicted octanol–water partition coefficient (Wildman–Crippen LogP) is 4.42. The minimum atomic E-state index is -0.963. The zero-order valence-corrected chi connectivity index (χ0v) is 16.4. The molecular weight excluding hydrogens is 354 g/mol. The molecule has 5 heteroatoms. The molecule has 0 heterocycles.